The molecule has 1 aromatic rings. The summed E-state index contributed by atoms with van der Waals surface area (Å²) in [6, 6.07) is 7.88. The van der Waals surface area contributed by atoms with E-state index in [4.69, 9.17) is 11.6 Å². The average Bonchev–Trinajstić information content (AvgIpc) is 2.95. The third-order valence-corrected chi connectivity index (χ3v) is 4.18. The van der Waals surface area contributed by atoms with E-state index in [0.717, 1.165) is 42.1 Å². The van der Waals surface area contributed by atoms with Crippen molar-refractivity contribution in [1.29, 1.82) is 0 Å². The Kier molecular flexibility index (Phi) is 9.12. The van der Waals surface area contributed by atoms with Crippen LogP contribution in [0.5, 0.6) is 0 Å². The minimum atomic E-state index is 0. The Labute approximate surface area is 155 Å². The van der Waals surface area contributed by atoms with E-state index in [9.17, 15) is 0 Å². The van der Waals surface area contributed by atoms with Crippen molar-refractivity contribution in [2.75, 3.05) is 33.2 Å². The first-order chi connectivity index (χ1) is 10.2. The third-order valence-electron chi connectivity index (χ3n) is 3.95. The molecule has 0 aliphatic carbocycles. The molecule has 1 atom stereocenters. The highest BCUT2D eigenvalue weighted by molar-refractivity contribution is 14.0. The van der Waals surface area contributed by atoms with Gasteiger partial charge < -0.3 is 15.5 Å². The largest absolute Gasteiger partial charge is 0.356 e. The predicted molar refractivity (Wildman–Crippen MR) is 105 cm³/mol. The number of rotatable bonds is 5. The summed E-state index contributed by atoms with van der Waals surface area (Å²) in [5.41, 5.74) is 1.16. The van der Waals surface area contributed by atoms with Gasteiger partial charge in [-0.3, -0.25) is 4.99 Å². The van der Waals surface area contributed by atoms with E-state index < -0.39 is 0 Å². The van der Waals surface area contributed by atoms with Crippen LogP contribution < -0.4 is 10.6 Å². The van der Waals surface area contributed by atoms with E-state index in [1.165, 1.54) is 19.5 Å². The molecule has 2 N–H and O–H groups in total. The number of hydrogen-bond acceptors (Lipinski definition) is 2. The van der Waals surface area contributed by atoms with Crippen LogP contribution in [-0.2, 0) is 6.54 Å². The van der Waals surface area contributed by atoms with Gasteiger partial charge in [0.2, 0.25) is 0 Å². The minimum Gasteiger partial charge on any atom is -0.356 e. The Bertz CT molecular complexity index is 481. The molecule has 1 aromatic carbocycles. The Hall–Kier alpha value is -0.530. The van der Waals surface area contributed by atoms with Crippen LogP contribution >= 0.6 is 35.6 Å². The van der Waals surface area contributed by atoms with E-state index >= 15 is 0 Å². The van der Waals surface area contributed by atoms with E-state index in [2.05, 4.69) is 33.5 Å². The summed E-state index contributed by atoms with van der Waals surface area (Å²) in [6.07, 6.45) is 1.27. The lowest BCUT2D eigenvalue weighted by atomic mass is 10.1. The van der Waals surface area contributed by atoms with Crippen molar-refractivity contribution in [2.45, 2.75) is 19.9 Å². The maximum Gasteiger partial charge on any atom is 0.191 e. The van der Waals surface area contributed by atoms with Crippen molar-refractivity contribution in [3.63, 3.8) is 0 Å². The quantitative estimate of drug-likeness (QED) is 0.423. The second kappa shape index (κ2) is 10.3. The van der Waals surface area contributed by atoms with Gasteiger partial charge in [-0.05, 0) is 43.1 Å². The smallest absolute Gasteiger partial charge is 0.191 e. The number of nitrogens with zero attached hydrogens (tertiary/aromatic N) is 2. The molecule has 0 bridgehead atoms. The first kappa shape index (κ1) is 19.5. The van der Waals surface area contributed by atoms with E-state index in [1.54, 1.807) is 7.05 Å². The molecule has 1 aliphatic rings. The first-order valence-corrected chi connectivity index (χ1v) is 8.00. The van der Waals surface area contributed by atoms with Gasteiger partial charge in [-0.1, -0.05) is 30.7 Å². The van der Waals surface area contributed by atoms with E-state index in [0.29, 0.717) is 0 Å². The molecule has 1 aliphatic heterocycles. The molecule has 1 saturated heterocycles. The molecule has 2 rings (SSSR count). The molecule has 0 radical (unpaired) electrons. The number of hydrogen-bond donors (Lipinski definition) is 2. The van der Waals surface area contributed by atoms with Gasteiger partial charge in [0.25, 0.3) is 0 Å². The second-order valence-corrected chi connectivity index (χ2v) is 5.92. The minimum absolute atomic E-state index is 0. The van der Waals surface area contributed by atoms with Gasteiger partial charge in [0.05, 0.1) is 0 Å². The van der Waals surface area contributed by atoms with Crippen molar-refractivity contribution in [1.82, 2.24) is 15.5 Å². The fraction of sp³-hybridized carbons (Fsp3) is 0.562. The summed E-state index contributed by atoms with van der Waals surface area (Å²) in [5, 5.41) is 7.52. The molecule has 4 nitrogen and oxygen atoms in total. The topological polar surface area (TPSA) is 39.7 Å². The molecule has 1 fully saturated rings. The first-order valence-electron chi connectivity index (χ1n) is 7.62. The standard InChI is InChI=1S/C16H25ClN4.HI/c1-3-21-8-7-14(12-21)11-20-16(18-2)19-10-13-5-4-6-15(17)9-13;/h4-6,9,14H,3,7-8,10-12H2,1-2H3,(H2,18,19,20);1H. The fourth-order valence-corrected chi connectivity index (χ4v) is 2.87. The van der Waals surface area contributed by atoms with Crippen molar-refractivity contribution in [3.05, 3.63) is 34.9 Å². The van der Waals surface area contributed by atoms with Crippen molar-refractivity contribution in [3.8, 4) is 0 Å². The summed E-state index contributed by atoms with van der Waals surface area (Å²) >= 11 is 5.99. The number of guanidine groups is 1. The van der Waals surface area contributed by atoms with Crippen molar-refractivity contribution in [2.24, 2.45) is 10.9 Å². The molecule has 0 saturated carbocycles. The van der Waals surface area contributed by atoms with Gasteiger partial charge in [0.15, 0.2) is 5.96 Å². The molecule has 22 heavy (non-hydrogen) atoms. The van der Waals surface area contributed by atoms with Crippen molar-refractivity contribution < 1.29 is 0 Å². The molecular weight excluding hydrogens is 411 g/mol. The highest BCUT2D eigenvalue weighted by Gasteiger charge is 2.20. The summed E-state index contributed by atoms with van der Waals surface area (Å²) < 4.78 is 0. The fourth-order valence-electron chi connectivity index (χ4n) is 2.66. The highest BCUT2D eigenvalue weighted by Crippen LogP contribution is 2.14. The Morgan fingerprint density at radius 1 is 1.41 bits per heavy atom. The maximum absolute atomic E-state index is 5.99. The zero-order chi connectivity index (χ0) is 15.1. The maximum atomic E-state index is 5.99. The summed E-state index contributed by atoms with van der Waals surface area (Å²) in [7, 11) is 1.81. The van der Waals surface area contributed by atoms with E-state index in [1.807, 2.05) is 18.2 Å². The van der Waals surface area contributed by atoms with Gasteiger partial charge in [-0.2, -0.15) is 0 Å². The Balaban J connectivity index is 0.00000242. The number of aliphatic imine (C=N–C) groups is 1. The zero-order valence-electron chi connectivity index (χ0n) is 13.3. The van der Waals surface area contributed by atoms with Gasteiger partial charge in [0, 0.05) is 31.7 Å². The Morgan fingerprint density at radius 3 is 2.86 bits per heavy atom. The molecule has 0 amide bonds. The predicted octanol–water partition coefficient (Wildman–Crippen LogP) is 2.96. The number of halogens is 2. The van der Waals surface area contributed by atoms with Crippen LogP contribution in [0, 0.1) is 5.92 Å². The normalized spacial score (nSPS) is 18.9. The van der Waals surface area contributed by atoms with Crippen LogP contribution in [0.25, 0.3) is 0 Å². The lowest BCUT2D eigenvalue weighted by molar-refractivity contribution is 0.342. The van der Waals surface area contributed by atoms with Gasteiger partial charge in [0.1, 0.15) is 0 Å². The molecule has 6 heteroatoms. The van der Waals surface area contributed by atoms with Crippen LogP contribution in [0.1, 0.15) is 18.9 Å². The average molecular weight is 437 g/mol. The summed E-state index contributed by atoms with van der Waals surface area (Å²) in [4.78, 5) is 6.77. The molecule has 1 heterocycles. The lowest BCUT2D eigenvalue weighted by Crippen LogP contribution is -2.39. The van der Waals surface area contributed by atoms with Crippen LogP contribution in [0.3, 0.4) is 0 Å². The number of likely N-dealkylation sites (tertiary alicyclic amines) is 1. The van der Waals surface area contributed by atoms with Crippen LogP contribution in [-0.4, -0.2) is 44.1 Å². The van der Waals surface area contributed by atoms with Gasteiger partial charge >= 0.3 is 0 Å². The molecular formula is C16H26ClIN4. The molecule has 0 spiro atoms. The van der Waals surface area contributed by atoms with Gasteiger partial charge in [-0.25, -0.2) is 0 Å². The second-order valence-electron chi connectivity index (χ2n) is 5.48. The molecule has 1 unspecified atom stereocenters. The Morgan fingerprint density at radius 2 is 2.23 bits per heavy atom. The number of nitrogens with one attached hydrogen (secondary N) is 2. The van der Waals surface area contributed by atoms with Crippen LogP contribution in [0.15, 0.2) is 29.3 Å². The third kappa shape index (κ3) is 6.30. The lowest BCUT2D eigenvalue weighted by Gasteiger charge is -2.16. The van der Waals surface area contributed by atoms with Crippen LogP contribution in [0.4, 0.5) is 0 Å². The zero-order valence-corrected chi connectivity index (χ0v) is 16.4. The SMILES string of the molecule is CCN1CCC(CNC(=NC)NCc2cccc(Cl)c2)C1.I. The monoisotopic (exact) mass is 436 g/mol. The number of benzene rings is 1. The highest BCUT2D eigenvalue weighted by atomic mass is 127. The summed E-state index contributed by atoms with van der Waals surface area (Å²) in [5.74, 6) is 1.57. The van der Waals surface area contributed by atoms with Crippen LogP contribution in [0.2, 0.25) is 5.02 Å². The molecule has 124 valence electrons. The van der Waals surface area contributed by atoms with Gasteiger partial charge in [-0.15, -0.1) is 24.0 Å². The molecule has 0 aromatic heterocycles. The van der Waals surface area contributed by atoms with Crippen molar-refractivity contribution >= 4 is 41.5 Å². The van der Waals surface area contributed by atoms with E-state index in [-0.39, 0.29) is 24.0 Å². The summed E-state index contributed by atoms with van der Waals surface area (Å²) in [6.45, 7) is 7.49.